The van der Waals surface area contributed by atoms with Gasteiger partial charge in [-0.25, -0.2) is 14.2 Å². The minimum absolute atomic E-state index is 0.108. The van der Waals surface area contributed by atoms with Crippen LogP contribution in [-0.4, -0.2) is 55.7 Å². The minimum atomic E-state index is -3.04. The molecule has 8 rings (SSSR count). The number of carbonyl (C=O) groups is 1. The number of pyridine rings is 1. The van der Waals surface area contributed by atoms with Crippen LogP contribution < -0.4 is 19.4 Å². The van der Waals surface area contributed by atoms with Gasteiger partial charge in [0.05, 0.1) is 24.4 Å². The lowest BCUT2D eigenvalue weighted by atomic mass is 9.86. The van der Waals surface area contributed by atoms with E-state index in [0.717, 1.165) is 37.1 Å². The number of aromatic amines is 1. The van der Waals surface area contributed by atoms with E-state index in [0.29, 0.717) is 39.3 Å². The summed E-state index contributed by atoms with van der Waals surface area (Å²) in [5.74, 6) is -0.122. The van der Waals surface area contributed by atoms with Gasteiger partial charge in [-0.3, -0.25) is 9.80 Å². The number of hydrogen-bond donors (Lipinski definition) is 0. The predicted octanol–water partition coefficient (Wildman–Crippen LogP) is 8.97. The van der Waals surface area contributed by atoms with Crippen LogP contribution in [0.25, 0.3) is 0 Å². The van der Waals surface area contributed by atoms with Crippen molar-refractivity contribution in [1.29, 1.82) is 0 Å². The first kappa shape index (κ1) is 38.2. The van der Waals surface area contributed by atoms with Crippen LogP contribution in [0.1, 0.15) is 61.2 Å². The molecule has 0 radical (unpaired) electrons. The first-order chi connectivity index (χ1) is 26.0. The number of piperidine rings is 3. The number of amides is 1. The number of nitrogens with one attached hydrogen (secondary N) is 1. The number of fused-ring (bicyclic) bond motifs is 3. The molecule has 4 aliphatic rings. The molecule has 54 heavy (non-hydrogen) atoms. The van der Waals surface area contributed by atoms with Crippen molar-refractivity contribution in [3.63, 3.8) is 0 Å². The summed E-state index contributed by atoms with van der Waals surface area (Å²) in [4.78, 5) is 20.4. The number of ether oxygens (including phenoxy) is 5. The van der Waals surface area contributed by atoms with Crippen molar-refractivity contribution in [2.45, 2.75) is 77.0 Å². The molecular weight excluding hydrogens is 746 g/mol. The van der Waals surface area contributed by atoms with Crippen LogP contribution in [0.3, 0.4) is 0 Å². The Morgan fingerprint density at radius 2 is 1.74 bits per heavy atom. The van der Waals surface area contributed by atoms with E-state index in [1.54, 1.807) is 50.5 Å². The summed E-state index contributed by atoms with van der Waals surface area (Å²) in [5, 5.41) is 0.784. The van der Waals surface area contributed by atoms with Crippen molar-refractivity contribution in [1.82, 2.24) is 4.90 Å². The molecule has 4 atom stereocenters. The molecular formula is C40H41Cl2F3N3O6+. The molecule has 9 nitrogen and oxygen atoms in total. The van der Waals surface area contributed by atoms with Crippen molar-refractivity contribution >= 4 is 35.0 Å². The summed E-state index contributed by atoms with van der Waals surface area (Å²) in [6, 6.07) is 18.1. The number of epoxide rings is 1. The highest BCUT2D eigenvalue weighted by Crippen LogP contribution is 2.45. The lowest BCUT2D eigenvalue weighted by Crippen LogP contribution is -2.53. The number of benzene rings is 3. The number of aromatic nitrogens is 1. The highest BCUT2D eigenvalue weighted by Gasteiger charge is 2.44. The lowest BCUT2D eigenvalue weighted by Gasteiger charge is -2.44. The van der Waals surface area contributed by atoms with Gasteiger partial charge in [-0.2, -0.15) is 8.78 Å². The van der Waals surface area contributed by atoms with Crippen molar-refractivity contribution in [3.8, 4) is 11.5 Å². The molecule has 0 spiro atoms. The van der Waals surface area contributed by atoms with E-state index in [1.165, 1.54) is 23.1 Å². The second-order valence-corrected chi connectivity index (χ2v) is 14.8. The predicted molar refractivity (Wildman–Crippen MR) is 195 cm³/mol. The number of anilines is 1. The maximum Gasteiger partial charge on any atom is 0.414 e. The smallest absolute Gasteiger partial charge is 0.414 e. The van der Waals surface area contributed by atoms with E-state index in [-0.39, 0.29) is 36.7 Å². The number of alkyl halides is 2. The van der Waals surface area contributed by atoms with Crippen molar-refractivity contribution in [2.75, 3.05) is 24.5 Å². The van der Waals surface area contributed by atoms with E-state index >= 15 is 0 Å². The Balaban J connectivity index is 1.11. The molecule has 286 valence electrons. The topological polar surface area (TPSA) is 87.1 Å². The molecule has 14 heteroatoms. The molecule has 0 aliphatic carbocycles. The second kappa shape index (κ2) is 16.7. The first-order valence-corrected chi connectivity index (χ1v) is 18.7. The molecule has 4 fully saturated rings. The zero-order valence-corrected chi connectivity index (χ0v) is 31.2. The summed E-state index contributed by atoms with van der Waals surface area (Å²) in [7, 11) is 0. The monoisotopic (exact) mass is 786 g/mol. The molecule has 3 aromatic carbocycles. The van der Waals surface area contributed by atoms with Crippen molar-refractivity contribution < 1.29 is 46.6 Å². The van der Waals surface area contributed by atoms with Crippen molar-refractivity contribution in [2.24, 2.45) is 5.92 Å². The molecule has 4 aliphatic heterocycles. The van der Waals surface area contributed by atoms with Gasteiger partial charge >= 0.3 is 12.7 Å². The van der Waals surface area contributed by atoms with E-state index in [1.807, 2.05) is 24.3 Å². The van der Waals surface area contributed by atoms with Gasteiger partial charge in [0, 0.05) is 18.5 Å². The Morgan fingerprint density at radius 3 is 2.43 bits per heavy atom. The maximum atomic E-state index is 14.4. The molecule has 4 saturated heterocycles. The Kier molecular flexibility index (Phi) is 11.9. The fourth-order valence-electron chi connectivity index (χ4n) is 7.16. The fourth-order valence-corrected chi connectivity index (χ4v) is 7.69. The third kappa shape index (κ3) is 9.23. The van der Waals surface area contributed by atoms with Crippen LogP contribution in [0.4, 0.5) is 23.7 Å². The number of rotatable bonds is 14. The van der Waals surface area contributed by atoms with E-state index < -0.39 is 37.0 Å². The number of carbonyl (C=O) groups excluding carboxylic acids is 1. The van der Waals surface area contributed by atoms with Crippen molar-refractivity contribution in [3.05, 3.63) is 117 Å². The molecule has 1 aromatic heterocycles. The first-order valence-electron chi connectivity index (χ1n) is 18.0. The van der Waals surface area contributed by atoms with Gasteiger partial charge in [0.2, 0.25) is 0 Å². The summed E-state index contributed by atoms with van der Waals surface area (Å²) in [6.45, 7) is 3.37. The average molecular weight is 788 g/mol. The Morgan fingerprint density at radius 1 is 0.981 bits per heavy atom. The Bertz CT molecular complexity index is 1930. The van der Waals surface area contributed by atoms with Gasteiger partial charge in [-0.05, 0) is 92.7 Å². The molecule has 4 aromatic rings. The molecule has 0 saturated carbocycles. The number of nitrogens with zero attached hydrogens (tertiary/aromatic N) is 2. The molecule has 1 N–H and O–H groups in total. The Labute approximate surface area is 321 Å². The van der Waals surface area contributed by atoms with E-state index in [4.69, 9.17) is 46.9 Å². The summed E-state index contributed by atoms with van der Waals surface area (Å²) in [5.41, 5.74) is 3.18. The van der Waals surface area contributed by atoms with Crippen LogP contribution in [0.2, 0.25) is 10.0 Å². The quantitative estimate of drug-likeness (QED) is 0.118. The van der Waals surface area contributed by atoms with Gasteiger partial charge in [0.15, 0.2) is 30.2 Å². The number of H-pyrrole nitrogens is 1. The third-order valence-corrected chi connectivity index (χ3v) is 10.5. The highest BCUT2D eigenvalue weighted by molar-refractivity contribution is 6.35. The highest BCUT2D eigenvalue weighted by atomic mass is 35.5. The lowest BCUT2D eigenvalue weighted by molar-refractivity contribution is -0.377. The van der Waals surface area contributed by atoms with Crippen LogP contribution in [-0.2, 0) is 27.2 Å². The van der Waals surface area contributed by atoms with Crippen LogP contribution in [0.5, 0.6) is 11.5 Å². The number of halogens is 5. The van der Waals surface area contributed by atoms with Crippen LogP contribution >= 0.6 is 23.2 Å². The maximum absolute atomic E-state index is 14.4. The van der Waals surface area contributed by atoms with Gasteiger partial charge in [0.25, 0.3) is 0 Å². The van der Waals surface area contributed by atoms with Crippen LogP contribution in [0, 0.1) is 11.7 Å². The minimum Gasteiger partial charge on any atom is -0.487 e. The summed E-state index contributed by atoms with van der Waals surface area (Å²) < 4.78 is 70.1. The van der Waals surface area contributed by atoms with E-state index in [9.17, 15) is 18.0 Å². The van der Waals surface area contributed by atoms with Crippen LogP contribution in [0.15, 0.2) is 79.1 Å². The SMILES string of the molecule is CC(C)Oc1cc([C@H](Cc2c(Cl)c[nH+]cc2Cl)OC2OC2c2cccc(CN(C(=O)O[C@H]3CN4CCC3CC4)c3cccc(F)c3)c2)ccc1OC(F)F. The molecule has 2 bridgehead atoms. The second-order valence-electron chi connectivity index (χ2n) is 14.0. The molecule has 2 unspecified atom stereocenters. The Hall–Kier alpha value is -4.07. The zero-order valence-electron chi connectivity index (χ0n) is 29.7. The summed E-state index contributed by atoms with van der Waals surface area (Å²) in [6.07, 6.45) is 2.49. The standard InChI is InChI=1S/C40H40Cl2F3N3O6/c1-23(2)50-35-16-26(9-10-33(35)52-39(44)45)34(18-30-31(41)19-46-20-32(30)42)51-38-37(54-38)27-6-3-5-24(15-27)21-48(29-8-4-7-28(43)17-29)40(49)53-36-22-47-13-11-25(36)12-14-47/h3-10,15-17,19-20,23,25,34,36-39H,11-14,18,21-22H2,1-2H3/p+1/t34-,36-,37?,38?/m0/s1. The largest absolute Gasteiger partial charge is 0.487 e. The van der Waals surface area contributed by atoms with E-state index in [2.05, 4.69) is 9.88 Å². The van der Waals surface area contributed by atoms with Gasteiger partial charge in [-0.15, -0.1) is 0 Å². The molecule has 1 amide bonds. The fraction of sp³-hybridized carbons (Fsp3) is 0.400. The zero-order chi connectivity index (χ0) is 37.9. The normalized spacial score (nSPS) is 22.3. The van der Waals surface area contributed by atoms with Gasteiger partial charge in [0.1, 0.15) is 28.1 Å². The van der Waals surface area contributed by atoms with Gasteiger partial charge < -0.3 is 23.7 Å². The molecule has 5 heterocycles. The average Bonchev–Trinajstić information content (AvgIpc) is 3.92. The number of hydrogen-bond acceptors (Lipinski definition) is 7. The third-order valence-electron chi connectivity index (χ3n) is 9.86. The summed E-state index contributed by atoms with van der Waals surface area (Å²) >= 11 is 13.1. The van der Waals surface area contributed by atoms with Gasteiger partial charge in [-0.1, -0.05) is 59.6 Å².